The van der Waals surface area contributed by atoms with Crippen LogP contribution in [0.1, 0.15) is 5.56 Å². The normalized spacial score (nSPS) is 9.07. The fraction of sp³-hybridized carbons (Fsp3) is 0. The molecule has 0 spiro atoms. The maximum Gasteiger partial charge on any atom is 0.394 e. The number of aromatic nitrogens is 1. The van der Waals surface area contributed by atoms with E-state index in [0.29, 0.717) is 0 Å². The average molecular weight is 226 g/mol. The largest absolute Gasteiger partial charge is 0.474 e. The summed E-state index contributed by atoms with van der Waals surface area (Å²) in [6.45, 7) is 0. The third-order valence-electron chi connectivity index (χ3n) is 1.36. The summed E-state index contributed by atoms with van der Waals surface area (Å²) < 4.78 is 0. The summed E-state index contributed by atoms with van der Waals surface area (Å²) in [6, 6.07) is 4.29. The number of nitrogens with zero attached hydrogens (tertiary/aromatic N) is 2. The first kappa shape index (κ1) is 10.9. The number of carbonyl (C=O) groups is 2. The molecule has 0 unspecified atom stereocenters. The van der Waals surface area contributed by atoms with Crippen LogP contribution >= 0.6 is 11.6 Å². The Bertz CT molecular complexity index is 467. The lowest BCUT2D eigenvalue weighted by molar-refractivity contribution is -0.147. The van der Waals surface area contributed by atoms with E-state index in [-0.39, 0.29) is 16.5 Å². The van der Waals surface area contributed by atoms with Crippen molar-refractivity contribution < 1.29 is 14.7 Å². The average Bonchev–Trinajstić information content (AvgIpc) is 2.16. The van der Waals surface area contributed by atoms with Crippen molar-refractivity contribution in [3.05, 3.63) is 22.8 Å². The number of amides is 1. The number of anilines is 1. The van der Waals surface area contributed by atoms with Crippen LogP contribution in [0.5, 0.6) is 0 Å². The van der Waals surface area contributed by atoms with E-state index in [2.05, 4.69) is 4.98 Å². The molecule has 6 nitrogen and oxygen atoms in total. The first-order valence-electron chi connectivity index (χ1n) is 3.65. The molecular weight excluding hydrogens is 222 g/mol. The first-order valence-corrected chi connectivity index (χ1v) is 4.02. The van der Waals surface area contributed by atoms with Crippen molar-refractivity contribution in [2.75, 3.05) is 5.32 Å². The lowest BCUT2D eigenvalue weighted by Gasteiger charge is -2.01. The van der Waals surface area contributed by atoms with E-state index in [9.17, 15) is 9.59 Å². The number of halogens is 1. The maximum absolute atomic E-state index is 10.7. The number of rotatable bonds is 1. The number of carbonyl (C=O) groups excluding carboxylic acids is 1. The molecule has 76 valence electrons. The number of nitriles is 1. The van der Waals surface area contributed by atoms with Crippen molar-refractivity contribution in [2.45, 2.75) is 0 Å². The van der Waals surface area contributed by atoms with Crippen LogP contribution in [0.15, 0.2) is 12.1 Å². The Morgan fingerprint density at radius 2 is 2.20 bits per heavy atom. The lowest BCUT2D eigenvalue weighted by atomic mass is 10.3. The van der Waals surface area contributed by atoms with Crippen molar-refractivity contribution in [1.82, 2.24) is 4.98 Å². The fourth-order valence-corrected chi connectivity index (χ4v) is 1.00. The number of carboxylic acids is 1. The molecule has 2 N–H and O–H groups in total. The van der Waals surface area contributed by atoms with Gasteiger partial charge in [-0.15, -0.1) is 0 Å². The second-order valence-electron chi connectivity index (χ2n) is 2.43. The Morgan fingerprint density at radius 1 is 1.53 bits per heavy atom. The molecule has 0 saturated heterocycles. The lowest BCUT2D eigenvalue weighted by Crippen LogP contribution is -2.22. The highest BCUT2D eigenvalue weighted by Crippen LogP contribution is 2.13. The summed E-state index contributed by atoms with van der Waals surface area (Å²) >= 11 is 5.53. The van der Waals surface area contributed by atoms with Crippen LogP contribution in [0.25, 0.3) is 0 Å². The second-order valence-corrected chi connectivity index (χ2v) is 2.82. The number of hydrogen-bond acceptors (Lipinski definition) is 4. The van der Waals surface area contributed by atoms with E-state index >= 15 is 0 Å². The van der Waals surface area contributed by atoms with Gasteiger partial charge in [-0.3, -0.25) is 4.79 Å². The monoisotopic (exact) mass is 225 g/mol. The molecule has 15 heavy (non-hydrogen) atoms. The molecule has 1 aromatic rings. The van der Waals surface area contributed by atoms with Gasteiger partial charge in [0.05, 0.1) is 11.6 Å². The Balaban J connectivity index is 2.96. The zero-order valence-electron chi connectivity index (χ0n) is 7.19. The van der Waals surface area contributed by atoms with Gasteiger partial charge in [0.25, 0.3) is 0 Å². The fourth-order valence-electron chi connectivity index (χ4n) is 0.795. The van der Waals surface area contributed by atoms with Crippen molar-refractivity contribution in [2.24, 2.45) is 0 Å². The topological polar surface area (TPSA) is 103 Å². The maximum atomic E-state index is 10.7. The summed E-state index contributed by atoms with van der Waals surface area (Å²) in [7, 11) is 0. The van der Waals surface area contributed by atoms with E-state index in [4.69, 9.17) is 22.0 Å². The van der Waals surface area contributed by atoms with E-state index in [1.807, 2.05) is 5.32 Å². The third kappa shape index (κ3) is 2.93. The molecule has 0 atom stereocenters. The SMILES string of the molecule is N#Cc1cc(Cl)nc(NC(=O)C(=O)O)c1. The zero-order chi connectivity index (χ0) is 11.4. The van der Waals surface area contributed by atoms with Gasteiger partial charge in [-0.05, 0) is 12.1 Å². The minimum atomic E-state index is -1.64. The molecule has 0 saturated carbocycles. The van der Waals surface area contributed by atoms with Crippen LogP contribution in [-0.4, -0.2) is 22.0 Å². The molecule has 1 aromatic heterocycles. The predicted molar refractivity (Wildman–Crippen MR) is 50.2 cm³/mol. The van der Waals surface area contributed by atoms with Crippen molar-refractivity contribution >= 4 is 29.3 Å². The van der Waals surface area contributed by atoms with Crippen molar-refractivity contribution in [3.8, 4) is 6.07 Å². The van der Waals surface area contributed by atoms with Crippen LogP contribution in [0, 0.1) is 11.3 Å². The minimum Gasteiger partial charge on any atom is -0.474 e. The number of carboxylic acid groups (broad SMARTS) is 1. The third-order valence-corrected chi connectivity index (χ3v) is 1.55. The van der Waals surface area contributed by atoms with Crippen LogP contribution in [-0.2, 0) is 9.59 Å². The van der Waals surface area contributed by atoms with Crippen LogP contribution in [0.2, 0.25) is 5.15 Å². The van der Waals surface area contributed by atoms with Crippen molar-refractivity contribution in [3.63, 3.8) is 0 Å². The van der Waals surface area contributed by atoms with Gasteiger partial charge in [0, 0.05) is 0 Å². The molecule has 1 heterocycles. The van der Waals surface area contributed by atoms with Gasteiger partial charge in [0.1, 0.15) is 11.0 Å². The summed E-state index contributed by atoms with van der Waals surface area (Å²) in [4.78, 5) is 24.6. The number of hydrogen-bond donors (Lipinski definition) is 2. The Morgan fingerprint density at radius 3 is 2.73 bits per heavy atom. The summed E-state index contributed by atoms with van der Waals surface area (Å²) in [5.41, 5.74) is 0.177. The van der Waals surface area contributed by atoms with Gasteiger partial charge in [-0.2, -0.15) is 5.26 Å². The Kier molecular flexibility index (Phi) is 3.21. The highest BCUT2D eigenvalue weighted by molar-refractivity contribution is 6.36. The van der Waals surface area contributed by atoms with Gasteiger partial charge >= 0.3 is 11.9 Å². The molecule has 0 bridgehead atoms. The number of nitrogens with one attached hydrogen (secondary N) is 1. The molecule has 0 fully saturated rings. The number of aliphatic carboxylic acids is 1. The highest BCUT2D eigenvalue weighted by Gasteiger charge is 2.12. The molecule has 0 aromatic carbocycles. The second kappa shape index (κ2) is 4.39. The molecular formula is C8H4ClN3O3. The summed E-state index contributed by atoms with van der Waals surface area (Å²) in [5.74, 6) is -2.96. The first-order chi connectivity index (χ1) is 7.02. The molecule has 0 radical (unpaired) electrons. The van der Waals surface area contributed by atoms with Crippen LogP contribution in [0.3, 0.4) is 0 Å². The van der Waals surface area contributed by atoms with E-state index in [1.165, 1.54) is 12.1 Å². The Hall–Kier alpha value is -2.13. The van der Waals surface area contributed by atoms with Gasteiger partial charge in [0.2, 0.25) is 0 Å². The minimum absolute atomic E-state index is 0.00487. The van der Waals surface area contributed by atoms with Gasteiger partial charge in [0.15, 0.2) is 0 Å². The van der Waals surface area contributed by atoms with Crippen molar-refractivity contribution in [1.29, 1.82) is 5.26 Å². The molecule has 0 aliphatic rings. The quantitative estimate of drug-likeness (QED) is 0.539. The van der Waals surface area contributed by atoms with E-state index in [1.54, 1.807) is 6.07 Å². The number of pyridine rings is 1. The van der Waals surface area contributed by atoms with Gasteiger partial charge in [-0.1, -0.05) is 11.6 Å². The molecule has 7 heteroatoms. The highest BCUT2D eigenvalue weighted by atomic mass is 35.5. The smallest absolute Gasteiger partial charge is 0.394 e. The standard InChI is InChI=1S/C8H4ClN3O3/c9-5-1-4(3-10)2-6(11-5)12-7(13)8(14)15/h1-2H,(H,14,15)(H,11,12,13). The predicted octanol–water partition coefficient (Wildman–Crippen LogP) is 0.630. The molecule has 0 aliphatic carbocycles. The van der Waals surface area contributed by atoms with E-state index in [0.717, 1.165) is 0 Å². The summed E-state index contributed by atoms with van der Waals surface area (Å²) in [5, 5.41) is 18.8. The summed E-state index contributed by atoms with van der Waals surface area (Å²) in [6.07, 6.45) is 0. The molecule has 1 amide bonds. The van der Waals surface area contributed by atoms with Crippen LogP contribution in [0.4, 0.5) is 5.82 Å². The Labute approximate surface area is 89.1 Å². The molecule has 0 aliphatic heterocycles. The van der Waals surface area contributed by atoms with Gasteiger partial charge < -0.3 is 10.4 Å². The van der Waals surface area contributed by atoms with E-state index < -0.39 is 11.9 Å². The molecule has 1 rings (SSSR count). The zero-order valence-corrected chi connectivity index (χ0v) is 7.95. The van der Waals surface area contributed by atoms with Gasteiger partial charge in [-0.25, -0.2) is 9.78 Å². The van der Waals surface area contributed by atoms with Crippen LogP contribution < -0.4 is 5.32 Å².